The zero-order valence-electron chi connectivity index (χ0n) is 7.48. The van der Waals surface area contributed by atoms with Gasteiger partial charge in [0.05, 0.1) is 6.10 Å². The third kappa shape index (κ3) is 2.18. The maximum absolute atomic E-state index is 9.07. The predicted octanol–water partition coefficient (Wildman–Crippen LogP) is 1.26. The van der Waals surface area contributed by atoms with Crippen molar-refractivity contribution in [2.45, 2.75) is 18.9 Å². The van der Waals surface area contributed by atoms with Crippen LogP contribution in [-0.2, 0) is 0 Å². The first kappa shape index (κ1) is 8.51. The minimum atomic E-state index is -0.0597. The first-order valence-electron chi connectivity index (χ1n) is 4.67. The van der Waals surface area contributed by atoms with Gasteiger partial charge in [0.15, 0.2) is 0 Å². The Kier molecular flexibility index (Phi) is 2.45. The number of nitrogens with zero attached hydrogens (tertiary/aromatic N) is 1. The molecule has 1 saturated carbocycles. The number of aliphatic hydroxyl groups is 1. The summed E-state index contributed by atoms with van der Waals surface area (Å²) in [7, 11) is 0. The van der Waals surface area contributed by atoms with Crippen LogP contribution in [-0.4, -0.2) is 22.7 Å². The Morgan fingerprint density at radius 1 is 1.46 bits per heavy atom. The normalized spacial score (nSPS) is 26.5. The Morgan fingerprint density at radius 3 is 2.92 bits per heavy atom. The van der Waals surface area contributed by atoms with Gasteiger partial charge in [-0.05, 0) is 30.9 Å². The first-order chi connectivity index (χ1) is 6.34. The van der Waals surface area contributed by atoms with E-state index in [4.69, 9.17) is 5.11 Å². The smallest absolute Gasteiger partial charge is 0.125 e. The van der Waals surface area contributed by atoms with Crippen molar-refractivity contribution in [3.05, 3.63) is 24.4 Å². The van der Waals surface area contributed by atoms with E-state index in [0.29, 0.717) is 5.92 Å². The summed E-state index contributed by atoms with van der Waals surface area (Å²) in [5.41, 5.74) is 0. The highest BCUT2D eigenvalue weighted by Gasteiger charge is 2.26. The Morgan fingerprint density at radius 2 is 2.31 bits per heavy atom. The summed E-state index contributed by atoms with van der Waals surface area (Å²) in [6, 6.07) is 5.82. The minimum Gasteiger partial charge on any atom is -0.393 e. The molecule has 1 aromatic heterocycles. The standard InChI is InChI=1S/C10H14N2O/c13-9-5-8(6-9)7-12-10-3-1-2-4-11-10/h1-4,8-9,13H,5-7H2,(H,11,12). The molecule has 0 unspecified atom stereocenters. The van der Waals surface area contributed by atoms with E-state index in [1.54, 1.807) is 6.20 Å². The van der Waals surface area contributed by atoms with Crippen molar-refractivity contribution in [2.75, 3.05) is 11.9 Å². The molecule has 2 N–H and O–H groups in total. The van der Waals surface area contributed by atoms with E-state index in [0.717, 1.165) is 25.2 Å². The van der Waals surface area contributed by atoms with E-state index in [9.17, 15) is 0 Å². The Labute approximate surface area is 77.8 Å². The molecule has 13 heavy (non-hydrogen) atoms. The van der Waals surface area contributed by atoms with Crippen LogP contribution in [0.2, 0.25) is 0 Å². The van der Waals surface area contributed by atoms with Crippen molar-refractivity contribution in [1.29, 1.82) is 0 Å². The molecule has 0 atom stereocenters. The predicted molar refractivity (Wildman–Crippen MR) is 51.5 cm³/mol. The summed E-state index contributed by atoms with van der Waals surface area (Å²) in [6.07, 6.45) is 3.58. The van der Waals surface area contributed by atoms with E-state index in [2.05, 4.69) is 10.3 Å². The summed E-state index contributed by atoms with van der Waals surface area (Å²) < 4.78 is 0. The Bertz CT molecular complexity index is 257. The number of nitrogens with one attached hydrogen (secondary N) is 1. The average molecular weight is 178 g/mol. The Hall–Kier alpha value is -1.09. The van der Waals surface area contributed by atoms with Crippen molar-refractivity contribution in [1.82, 2.24) is 4.98 Å². The molecule has 1 aliphatic carbocycles. The lowest BCUT2D eigenvalue weighted by molar-refractivity contribution is 0.0486. The third-order valence-corrected chi connectivity index (χ3v) is 2.45. The topological polar surface area (TPSA) is 45.1 Å². The molecular weight excluding hydrogens is 164 g/mol. The van der Waals surface area contributed by atoms with Crippen LogP contribution in [0.15, 0.2) is 24.4 Å². The molecule has 0 aromatic carbocycles. The van der Waals surface area contributed by atoms with E-state index in [-0.39, 0.29) is 6.10 Å². The van der Waals surface area contributed by atoms with E-state index in [1.165, 1.54) is 0 Å². The van der Waals surface area contributed by atoms with Gasteiger partial charge in [-0.2, -0.15) is 0 Å². The molecule has 0 bridgehead atoms. The Balaban J connectivity index is 1.74. The van der Waals surface area contributed by atoms with Gasteiger partial charge in [0.1, 0.15) is 5.82 Å². The molecule has 1 heterocycles. The van der Waals surface area contributed by atoms with Crippen molar-refractivity contribution in [3.63, 3.8) is 0 Å². The average Bonchev–Trinajstić information content (AvgIpc) is 2.12. The summed E-state index contributed by atoms with van der Waals surface area (Å²) >= 11 is 0. The van der Waals surface area contributed by atoms with Gasteiger partial charge in [0.2, 0.25) is 0 Å². The molecule has 1 fully saturated rings. The molecular formula is C10H14N2O. The highest BCUT2D eigenvalue weighted by molar-refractivity contribution is 5.33. The van der Waals surface area contributed by atoms with Crippen molar-refractivity contribution >= 4 is 5.82 Å². The van der Waals surface area contributed by atoms with Crippen LogP contribution in [0.3, 0.4) is 0 Å². The summed E-state index contributed by atoms with van der Waals surface area (Å²) in [6.45, 7) is 0.925. The molecule has 1 aromatic rings. The third-order valence-electron chi connectivity index (χ3n) is 2.45. The second kappa shape index (κ2) is 3.75. The van der Waals surface area contributed by atoms with E-state index < -0.39 is 0 Å². The fourth-order valence-corrected chi connectivity index (χ4v) is 1.58. The van der Waals surface area contributed by atoms with Crippen LogP contribution in [0, 0.1) is 5.92 Å². The van der Waals surface area contributed by atoms with Gasteiger partial charge in [-0.25, -0.2) is 4.98 Å². The van der Waals surface area contributed by atoms with Crippen LogP contribution in [0.4, 0.5) is 5.82 Å². The SMILES string of the molecule is OC1CC(CNc2ccccn2)C1. The highest BCUT2D eigenvalue weighted by Crippen LogP contribution is 2.26. The molecule has 3 heteroatoms. The van der Waals surface area contributed by atoms with Gasteiger partial charge in [-0.3, -0.25) is 0 Å². The zero-order valence-corrected chi connectivity index (χ0v) is 7.48. The second-order valence-electron chi connectivity index (χ2n) is 3.59. The lowest BCUT2D eigenvalue weighted by Gasteiger charge is -2.31. The number of aliphatic hydroxyl groups excluding tert-OH is 1. The largest absolute Gasteiger partial charge is 0.393 e. The van der Waals surface area contributed by atoms with Gasteiger partial charge < -0.3 is 10.4 Å². The molecule has 0 amide bonds. The number of hydrogen-bond donors (Lipinski definition) is 2. The first-order valence-corrected chi connectivity index (χ1v) is 4.67. The molecule has 0 radical (unpaired) electrons. The van der Waals surface area contributed by atoms with E-state index in [1.807, 2.05) is 18.2 Å². The van der Waals surface area contributed by atoms with Crippen molar-refractivity contribution < 1.29 is 5.11 Å². The number of aromatic nitrogens is 1. The molecule has 3 nitrogen and oxygen atoms in total. The number of rotatable bonds is 3. The number of anilines is 1. The molecule has 1 aliphatic rings. The van der Waals surface area contributed by atoms with Gasteiger partial charge in [-0.15, -0.1) is 0 Å². The number of pyridine rings is 1. The van der Waals surface area contributed by atoms with Crippen LogP contribution < -0.4 is 5.32 Å². The molecule has 2 rings (SSSR count). The molecule has 70 valence electrons. The number of hydrogen-bond acceptors (Lipinski definition) is 3. The van der Waals surface area contributed by atoms with Gasteiger partial charge >= 0.3 is 0 Å². The molecule has 0 aliphatic heterocycles. The van der Waals surface area contributed by atoms with Crippen LogP contribution in [0.5, 0.6) is 0 Å². The second-order valence-corrected chi connectivity index (χ2v) is 3.59. The van der Waals surface area contributed by atoms with Crippen molar-refractivity contribution in [2.24, 2.45) is 5.92 Å². The van der Waals surface area contributed by atoms with Gasteiger partial charge in [0.25, 0.3) is 0 Å². The van der Waals surface area contributed by atoms with Gasteiger partial charge in [-0.1, -0.05) is 6.07 Å². The maximum Gasteiger partial charge on any atom is 0.125 e. The lowest BCUT2D eigenvalue weighted by atomic mass is 9.82. The molecule has 0 spiro atoms. The van der Waals surface area contributed by atoms with Crippen molar-refractivity contribution in [3.8, 4) is 0 Å². The van der Waals surface area contributed by atoms with Crippen LogP contribution >= 0.6 is 0 Å². The quantitative estimate of drug-likeness (QED) is 0.732. The van der Waals surface area contributed by atoms with E-state index >= 15 is 0 Å². The highest BCUT2D eigenvalue weighted by atomic mass is 16.3. The lowest BCUT2D eigenvalue weighted by Crippen LogP contribution is -2.33. The fraction of sp³-hybridized carbons (Fsp3) is 0.500. The van der Waals surface area contributed by atoms with Crippen LogP contribution in [0.25, 0.3) is 0 Å². The molecule has 0 saturated heterocycles. The summed E-state index contributed by atoms with van der Waals surface area (Å²) in [5, 5.41) is 12.3. The monoisotopic (exact) mass is 178 g/mol. The minimum absolute atomic E-state index is 0.0597. The fourth-order valence-electron chi connectivity index (χ4n) is 1.58. The van der Waals surface area contributed by atoms with Crippen LogP contribution in [0.1, 0.15) is 12.8 Å². The zero-order chi connectivity index (χ0) is 9.10. The summed E-state index contributed by atoms with van der Waals surface area (Å²) in [5.74, 6) is 1.54. The van der Waals surface area contributed by atoms with Gasteiger partial charge in [0, 0.05) is 12.7 Å². The maximum atomic E-state index is 9.07. The summed E-state index contributed by atoms with van der Waals surface area (Å²) in [4.78, 5) is 4.15.